The number of unbranched alkanes of at least 4 members (excludes halogenated alkanes) is 2. The number of fused-ring (bicyclic) bond motifs is 1. The van der Waals surface area contributed by atoms with Crippen LogP contribution in [-0.2, 0) is 6.54 Å². The summed E-state index contributed by atoms with van der Waals surface area (Å²) in [5, 5.41) is 4.13. The number of hydrogen-bond acceptors (Lipinski definition) is 5. The molecule has 0 aliphatic carbocycles. The van der Waals surface area contributed by atoms with E-state index in [1.165, 1.54) is 19.3 Å². The smallest absolute Gasteiger partial charge is 0.279 e. The summed E-state index contributed by atoms with van der Waals surface area (Å²) in [5.74, 6) is 1.77. The maximum absolute atomic E-state index is 12.8. The van der Waals surface area contributed by atoms with Gasteiger partial charge in [-0.1, -0.05) is 51.8 Å². The molecule has 0 spiro atoms. The molecule has 23 heavy (non-hydrogen) atoms. The molecule has 5 nitrogen and oxygen atoms in total. The number of rotatable bonds is 9. The standard InChI is InChI=1S/C17H30N4OS/c1-5-8-9-10-13(4)21-12-18-14-15(21)19-17(23-7-3)20(11-6-2)16(14)22/h13,18H,5-12H2,1-4H3. The van der Waals surface area contributed by atoms with Crippen molar-refractivity contribution in [1.29, 1.82) is 0 Å². The highest BCUT2D eigenvalue weighted by Crippen LogP contribution is 2.31. The Bertz CT molecular complexity index is 572. The molecule has 0 saturated carbocycles. The molecule has 6 heteroatoms. The van der Waals surface area contributed by atoms with Crippen molar-refractivity contribution in [2.24, 2.45) is 0 Å². The zero-order valence-corrected chi connectivity index (χ0v) is 15.7. The molecule has 0 bridgehead atoms. The molecule has 1 aliphatic heterocycles. The second-order valence-corrected chi connectivity index (χ2v) is 7.36. The largest absolute Gasteiger partial charge is 0.360 e. The van der Waals surface area contributed by atoms with Gasteiger partial charge in [0.1, 0.15) is 5.69 Å². The van der Waals surface area contributed by atoms with Crippen LogP contribution in [0.3, 0.4) is 0 Å². The molecule has 1 aromatic rings. The van der Waals surface area contributed by atoms with E-state index in [1.54, 1.807) is 11.8 Å². The Hall–Kier alpha value is -1.17. The normalized spacial score (nSPS) is 14.7. The minimum Gasteiger partial charge on any atom is -0.360 e. The van der Waals surface area contributed by atoms with Crippen LogP contribution in [0.4, 0.5) is 11.5 Å². The maximum Gasteiger partial charge on any atom is 0.279 e. The highest BCUT2D eigenvalue weighted by molar-refractivity contribution is 7.99. The zero-order chi connectivity index (χ0) is 16.8. The molecule has 130 valence electrons. The van der Waals surface area contributed by atoms with E-state index in [4.69, 9.17) is 4.98 Å². The molecule has 2 rings (SSSR count). The third-order valence-electron chi connectivity index (χ3n) is 4.29. The minimum absolute atomic E-state index is 0.0797. The van der Waals surface area contributed by atoms with E-state index in [-0.39, 0.29) is 5.56 Å². The lowest BCUT2D eigenvalue weighted by atomic mass is 10.1. The Kier molecular flexibility index (Phi) is 6.81. The molecule has 1 aromatic heterocycles. The number of thioether (sulfide) groups is 1. The number of hydrogen-bond donors (Lipinski definition) is 1. The first kappa shape index (κ1) is 18.2. The highest BCUT2D eigenvalue weighted by atomic mass is 32.2. The van der Waals surface area contributed by atoms with Crippen molar-refractivity contribution in [1.82, 2.24) is 9.55 Å². The SMILES string of the molecule is CCCCCC(C)N1CNc2c1nc(SCC)n(CCC)c2=O. The Morgan fingerprint density at radius 3 is 2.70 bits per heavy atom. The van der Waals surface area contributed by atoms with Gasteiger partial charge < -0.3 is 10.2 Å². The van der Waals surface area contributed by atoms with E-state index in [9.17, 15) is 4.79 Å². The van der Waals surface area contributed by atoms with Gasteiger partial charge in [-0.3, -0.25) is 9.36 Å². The van der Waals surface area contributed by atoms with E-state index in [2.05, 4.69) is 37.9 Å². The van der Waals surface area contributed by atoms with Crippen molar-refractivity contribution >= 4 is 23.3 Å². The second kappa shape index (κ2) is 8.62. The quantitative estimate of drug-likeness (QED) is 0.420. The fraction of sp³-hybridized carbons (Fsp3) is 0.765. The molecule has 0 aromatic carbocycles. The van der Waals surface area contributed by atoms with Crippen LogP contribution < -0.4 is 15.8 Å². The maximum atomic E-state index is 12.8. The monoisotopic (exact) mass is 338 g/mol. The van der Waals surface area contributed by atoms with Gasteiger partial charge in [-0.25, -0.2) is 4.98 Å². The summed E-state index contributed by atoms with van der Waals surface area (Å²) >= 11 is 1.65. The first-order chi connectivity index (χ1) is 11.1. The highest BCUT2D eigenvalue weighted by Gasteiger charge is 2.29. The Labute approximate surface area is 143 Å². The molecule has 1 aliphatic rings. The van der Waals surface area contributed by atoms with Crippen LogP contribution in [0.5, 0.6) is 0 Å². The van der Waals surface area contributed by atoms with Crippen molar-refractivity contribution in [3.05, 3.63) is 10.4 Å². The molecule has 1 atom stereocenters. The minimum atomic E-state index is 0.0797. The topological polar surface area (TPSA) is 50.2 Å². The van der Waals surface area contributed by atoms with Crippen LogP contribution in [0.15, 0.2) is 9.95 Å². The van der Waals surface area contributed by atoms with Crippen LogP contribution in [0.1, 0.15) is 59.8 Å². The molecule has 0 amide bonds. The van der Waals surface area contributed by atoms with Crippen molar-refractivity contribution < 1.29 is 0 Å². The van der Waals surface area contributed by atoms with Gasteiger partial charge in [0, 0.05) is 12.6 Å². The molecule has 2 heterocycles. The van der Waals surface area contributed by atoms with Gasteiger partial charge in [-0.15, -0.1) is 0 Å². The lowest BCUT2D eigenvalue weighted by molar-refractivity contribution is 0.549. The predicted molar refractivity (Wildman–Crippen MR) is 99.8 cm³/mol. The first-order valence-electron chi connectivity index (χ1n) is 8.92. The van der Waals surface area contributed by atoms with E-state index in [1.807, 2.05) is 4.57 Å². The summed E-state index contributed by atoms with van der Waals surface area (Å²) in [5.41, 5.74) is 0.761. The number of nitrogens with zero attached hydrogens (tertiary/aromatic N) is 3. The lowest BCUT2D eigenvalue weighted by Gasteiger charge is -2.25. The Balaban J connectivity index is 2.29. The van der Waals surface area contributed by atoms with Crippen molar-refractivity contribution in [3.8, 4) is 0 Å². The zero-order valence-electron chi connectivity index (χ0n) is 14.9. The summed E-state index contributed by atoms with van der Waals surface area (Å²) in [6, 6.07) is 0.406. The van der Waals surface area contributed by atoms with Crippen LogP contribution >= 0.6 is 11.8 Å². The average Bonchev–Trinajstić information content (AvgIpc) is 2.95. The van der Waals surface area contributed by atoms with Crippen LogP contribution in [0.2, 0.25) is 0 Å². The van der Waals surface area contributed by atoms with Crippen molar-refractivity contribution in [3.63, 3.8) is 0 Å². The summed E-state index contributed by atoms with van der Waals surface area (Å²) in [6.45, 7) is 10.1. The van der Waals surface area contributed by atoms with E-state index in [0.29, 0.717) is 18.4 Å². The lowest BCUT2D eigenvalue weighted by Crippen LogP contribution is -2.33. The van der Waals surface area contributed by atoms with Gasteiger partial charge in [0.15, 0.2) is 11.0 Å². The fourth-order valence-corrected chi connectivity index (χ4v) is 3.74. The summed E-state index contributed by atoms with van der Waals surface area (Å²) < 4.78 is 1.82. The van der Waals surface area contributed by atoms with Crippen LogP contribution in [0, 0.1) is 0 Å². The number of aromatic nitrogens is 2. The van der Waals surface area contributed by atoms with Crippen molar-refractivity contribution in [2.45, 2.75) is 77.5 Å². The Morgan fingerprint density at radius 2 is 2.04 bits per heavy atom. The van der Waals surface area contributed by atoms with E-state index < -0.39 is 0 Å². The van der Waals surface area contributed by atoms with Gasteiger partial charge in [0.05, 0.1) is 6.67 Å². The van der Waals surface area contributed by atoms with E-state index >= 15 is 0 Å². The molecule has 0 saturated heterocycles. The predicted octanol–water partition coefficient (Wildman–Crippen LogP) is 3.92. The molecular weight excluding hydrogens is 308 g/mol. The van der Waals surface area contributed by atoms with Gasteiger partial charge in [-0.2, -0.15) is 0 Å². The summed E-state index contributed by atoms with van der Waals surface area (Å²) in [6.07, 6.45) is 5.81. The number of anilines is 2. The third kappa shape index (κ3) is 4.03. The molecule has 0 radical (unpaired) electrons. The fourth-order valence-electron chi connectivity index (χ4n) is 3.00. The van der Waals surface area contributed by atoms with Gasteiger partial charge >= 0.3 is 0 Å². The third-order valence-corrected chi connectivity index (χ3v) is 5.15. The first-order valence-corrected chi connectivity index (χ1v) is 9.90. The summed E-state index contributed by atoms with van der Waals surface area (Å²) in [7, 11) is 0. The van der Waals surface area contributed by atoms with Gasteiger partial charge in [-0.05, 0) is 25.5 Å². The summed E-state index contributed by atoms with van der Waals surface area (Å²) in [4.78, 5) is 19.9. The van der Waals surface area contributed by atoms with Gasteiger partial charge in [0.2, 0.25) is 0 Å². The second-order valence-electron chi connectivity index (χ2n) is 6.13. The van der Waals surface area contributed by atoms with Crippen molar-refractivity contribution in [2.75, 3.05) is 22.6 Å². The molecule has 0 fully saturated rings. The molecule has 1 N–H and O–H groups in total. The van der Waals surface area contributed by atoms with Crippen LogP contribution in [-0.4, -0.2) is 28.0 Å². The Morgan fingerprint density at radius 1 is 1.26 bits per heavy atom. The average molecular weight is 339 g/mol. The van der Waals surface area contributed by atoms with Crippen LogP contribution in [0.25, 0.3) is 0 Å². The van der Waals surface area contributed by atoms with Gasteiger partial charge in [0.25, 0.3) is 5.56 Å². The molecular formula is C17H30N4OS. The molecule has 1 unspecified atom stereocenters. The number of nitrogens with one attached hydrogen (secondary N) is 1. The van der Waals surface area contributed by atoms with E-state index in [0.717, 1.165) is 36.1 Å².